The van der Waals surface area contributed by atoms with Crippen molar-refractivity contribution in [2.24, 2.45) is 0 Å². The molecule has 1 aromatic heterocycles. The van der Waals surface area contributed by atoms with Crippen molar-refractivity contribution in [2.75, 3.05) is 5.32 Å². The zero-order valence-electron chi connectivity index (χ0n) is 11.1. The summed E-state index contributed by atoms with van der Waals surface area (Å²) in [6.45, 7) is 0. The Morgan fingerprint density at radius 1 is 1.24 bits per heavy atom. The summed E-state index contributed by atoms with van der Waals surface area (Å²) < 4.78 is 0. The smallest absolute Gasteiger partial charge is 0.248 e. The van der Waals surface area contributed by atoms with Gasteiger partial charge in [-0.15, -0.1) is 0 Å². The van der Waals surface area contributed by atoms with Crippen LogP contribution in [0, 0.1) is 0 Å². The zero-order valence-corrected chi connectivity index (χ0v) is 11.1. The molecule has 0 aliphatic heterocycles. The number of hydrogen-bond acceptors (Lipinski definition) is 3. The molecule has 0 unspecified atom stereocenters. The van der Waals surface area contributed by atoms with E-state index >= 15 is 0 Å². The molecule has 0 spiro atoms. The molecule has 3 aromatic rings. The first-order chi connectivity index (χ1) is 10.2. The number of phenols is 1. The number of aromatic hydroxyl groups is 1. The molecular formula is C16H13N3O2. The van der Waals surface area contributed by atoms with Crippen molar-refractivity contribution < 1.29 is 9.90 Å². The first-order valence-corrected chi connectivity index (χ1v) is 6.42. The minimum absolute atomic E-state index is 0.169. The highest BCUT2D eigenvalue weighted by Crippen LogP contribution is 2.17. The lowest BCUT2D eigenvalue weighted by Crippen LogP contribution is -2.07. The molecule has 1 amide bonds. The van der Waals surface area contributed by atoms with Crippen LogP contribution in [-0.4, -0.2) is 21.2 Å². The lowest BCUT2D eigenvalue weighted by molar-refractivity contribution is -0.111. The number of phenolic OH excluding ortho intramolecular Hbond substituents is 1. The van der Waals surface area contributed by atoms with Gasteiger partial charge in [-0.05, 0) is 42.0 Å². The van der Waals surface area contributed by atoms with Crippen LogP contribution >= 0.6 is 0 Å². The standard InChI is InChI=1S/C16H13N3O2/c20-14-3-1-2-11(8-14)4-7-16(21)18-13-5-6-15-12(9-13)10-17-19-15/h1-10,20H,(H,17,19)(H,18,21). The number of H-pyrrole nitrogens is 1. The lowest BCUT2D eigenvalue weighted by atomic mass is 10.2. The summed E-state index contributed by atoms with van der Waals surface area (Å²) >= 11 is 0. The fraction of sp³-hybridized carbons (Fsp3) is 0. The SMILES string of the molecule is O=C(C=Cc1cccc(O)c1)Nc1ccc2[nH]ncc2c1. The van der Waals surface area contributed by atoms with Gasteiger partial charge < -0.3 is 10.4 Å². The van der Waals surface area contributed by atoms with Crippen molar-refractivity contribution in [1.29, 1.82) is 0 Å². The normalized spacial score (nSPS) is 11.0. The van der Waals surface area contributed by atoms with E-state index in [1.165, 1.54) is 6.08 Å². The summed E-state index contributed by atoms with van der Waals surface area (Å²) in [4.78, 5) is 11.9. The Labute approximate surface area is 120 Å². The Bertz CT molecular complexity index is 821. The number of amides is 1. The Kier molecular flexibility index (Phi) is 3.39. The first-order valence-electron chi connectivity index (χ1n) is 6.42. The van der Waals surface area contributed by atoms with Crippen molar-refractivity contribution >= 4 is 28.6 Å². The molecule has 104 valence electrons. The number of aromatic nitrogens is 2. The number of hydrogen-bond donors (Lipinski definition) is 3. The number of anilines is 1. The van der Waals surface area contributed by atoms with Gasteiger partial charge >= 0.3 is 0 Å². The van der Waals surface area contributed by atoms with Crippen LogP contribution in [0.3, 0.4) is 0 Å². The van der Waals surface area contributed by atoms with E-state index < -0.39 is 0 Å². The Hall–Kier alpha value is -3.08. The lowest BCUT2D eigenvalue weighted by Gasteiger charge is -2.02. The maximum atomic E-state index is 11.9. The van der Waals surface area contributed by atoms with Crippen molar-refractivity contribution in [2.45, 2.75) is 0 Å². The Morgan fingerprint density at radius 3 is 3.00 bits per heavy atom. The molecule has 0 fully saturated rings. The summed E-state index contributed by atoms with van der Waals surface area (Å²) in [5, 5.41) is 19.8. The molecule has 0 saturated heterocycles. The molecule has 0 aliphatic carbocycles. The largest absolute Gasteiger partial charge is 0.508 e. The summed E-state index contributed by atoms with van der Waals surface area (Å²) in [5.41, 5.74) is 2.38. The maximum absolute atomic E-state index is 11.9. The summed E-state index contributed by atoms with van der Waals surface area (Å²) in [7, 11) is 0. The molecule has 5 nitrogen and oxygen atoms in total. The maximum Gasteiger partial charge on any atom is 0.248 e. The number of nitrogens with zero attached hydrogens (tertiary/aromatic N) is 1. The van der Waals surface area contributed by atoms with Gasteiger partial charge in [0, 0.05) is 17.1 Å². The van der Waals surface area contributed by atoms with E-state index in [4.69, 9.17) is 0 Å². The first kappa shape index (κ1) is 12.9. The molecule has 0 atom stereocenters. The Balaban J connectivity index is 1.71. The molecular weight excluding hydrogens is 266 g/mol. The van der Waals surface area contributed by atoms with Crippen LogP contribution in [0.5, 0.6) is 5.75 Å². The van der Waals surface area contributed by atoms with E-state index in [-0.39, 0.29) is 11.7 Å². The topological polar surface area (TPSA) is 78.0 Å². The number of rotatable bonds is 3. The quantitative estimate of drug-likeness (QED) is 0.645. The summed E-state index contributed by atoms with van der Waals surface area (Å²) in [6.07, 6.45) is 4.77. The second kappa shape index (κ2) is 5.50. The molecule has 0 aliphatic rings. The third-order valence-electron chi connectivity index (χ3n) is 3.01. The van der Waals surface area contributed by atoms with Crippen LogP contribution < -0.4 is 5.32 Å². The van der Waals surface area contributed by atoms with Crippen molar-refractivity contribution in [3.05, 3.63) is 60.3 Å². The van der Waals surface area contributed by atoms with E-state index in [1.807, 2.05) is 12.1 Å². The second-order valence-electron chi connectivity index (χ2n) is 4.59. The van der Waals surface area contributed by atoms with E-state index in [0.717, 1.165) is 16.5 Å². The molecule has 0 bridgehead atoms. The van der Waals surface area contributed by atoms with Crippen LogP contribution in [0.4, 0.5) is 5.69 Å². The third kappa shape index (κ3) is 3.09. The van der Waals surface area contributed by atoms with Crippen molar-refractivity contribution in [1.82, 2.24) is 10.2 Å². The van der Waals surface area contributed by atoms with Gasteiger partial charge in [-0.1, -0.05) is 12.1 Å². The predicted octanol–water partition coefficient (Wildman–Crippen LogP) is 2.92. The predicted molar refractivity (Wildman–Crippen MR) is 81.9 cm³/mol. The van der Waals surface area contributed by atoms with Gasteiger partial charge in [0.05, 0.1) is 11.7 Å². The van der Waals surface area contributed by atoms with Crippen LogP contribution in [0.1, 0.15) is 5.56 Å². The average Bonchev–Trinajstić information content (AvgIpc) is 2.93. The van der Waals surface area contributed by atoms with E-state index in [9.17, 15) is 9.90 Å². The number of carbonyl (C=O) groups is 1. The van der Waals surface area contributed by atoms with Gasteiger partial charge in [0.2, 0.25) is 5.91 Å². The van der Waals surface area contributed by atoms with Gasteiger partial charge in [-0.25, -0.2) is 0 Å². The number of carbonyl (C=O) groups excluding carboxylic acids is 1. The van der Waals surface area contributed by atoms with Crippen LogP contribution in [0.25, 0.3) is 17.0 Å². The van der Waals surface area contributed by atoms with Gasteiger partial charge in [0.15, 0.2) is 0 Å². The highest BCUT2D eigenvalue weighted by Gasteiger charge is 2.01. The third-order valence-corrected chi connectivity index (χ3v) is 3.01. The molecule has 5 heteroatoms. The fourth-order valence-corrected chi connectivity index (χ4v) is 2.00. The molecule has 2 aromatic carbocycles. The monoisotopic (exact) mass is 279 g/mol. The molecule has 0 radical (unpaired) electrons. The minimum Gasteiger partial charge on any atom is -0.508 e. The number of fused-ring (bicyclic) bond motifs is 1. The second-order valence-corrected chi connectivity index (χ2v) is 4.59. The van der Waals surface area contributed by atoms with Gasteiger partial charge in [0.25, 0.3) is 0 Å². The van der Waals surface area contributed by atoms with Crippen molar-refractivity contribution in [3.8, 4) is 5.75 Å². The van der Waals surface area contributed by atoms with Crippen LogP contribution in [0.2, 0.25) is 0 Å². The highest BCUT2D eigenvalue weighted by atomic mass is 16.3. The minimum atomic E-state index is -0.235. The number of aromatic amines is 1. The van der Waals surface area contributed by atoms with E-state index in [0.29, 0.717) is 5.69 Å². The van der Waals surface area contributed by atoms with Gasteiger partial charge in [0.1, 0.15) is 5.75 Å². The summed E-state index contributed by atoms with van der Waals surface area (Å²) in [5.74, 6) is -0.0656. The van der Waals surface area contributed by atoms with Gasteiger partial charge in [-0.3, -0.25) is 9.89 Å². The van der Waals surface area contributed by atoms with Gasteiger partial charge in [-0.2, -0.15) is 5.10 Å². The molecule has 3 rings (SSSR count). The highest BCUT2D eigenvalue weighted by molar-refractivity contribution is 6.02. The zero-order chi connectivity index (χ0) is 14.7. The molecule has 21 heavy (non-hydrogen) atoms. The van der Waals surface area contributed by atoms with E-state index in [2.05, 4.69) is 15.5 Å². The number of benzene rings is 2. The van der Waals surface area contributed by atoms with Crippen molar-refractivity contribution in [3.63, 3.8) is 0 Å². The fourth-order valence-electron chi connectivity index (χ4n) is 2.00. The van der Waals surface area contributed by atoms with Crippen LogP contribution in [0.15, 0.2) is 54.7 Å². The van der Waals surface area contributed by atoms with Crippen LogP contribution in [-0.2, 0) is 4.79 Å². The summed E-state index contributed by atoms with van der Waals surface area (Å²) in [6, 6.07) is 12.2. The molecule has 0 saturated carbocycles. The number of nitrogens with one attached hydrogen (secondary N) is 2. The average molecular weight is 279 g/mol. The van der Waals surface area contributed by atoms with E-state index in [1.54, 1.807) is 42.6 Å². The molecule has 3 N–H and O–H groups in total. The Morgan fingerprint density at radius 2 is 2.14 bits per heavy atom. The molecule has 1 heterocycles.